The molecule has 2 aromatic rings. The van der Waals surface area contributed by atoms with Crippen molar-refractivity contribution in [3.8, 4) is 35.4 Å². The van der Waals surface area contributed by atoms with E-state index in [0.717, 1.165) is 77.9 Å². The lowest BCUT2D eigenvalue weighted by atomic mass is 9.67. The average molecular weight is 782 g/mol. The SMILES string of the molecule is CC1C=CC(C(O)CC(=O)CCc2ccc3c(c2)OC2C(C#CC(O)c4ccc5c6c4C(CCC6CNC5N)C4=CN=C5C[NH+]2C=C45)C2(C#CO3)CCCC2)C(O)C1. The summed E-state index contributed by atoms with van der Waals surface area (Å²) in [6.07, 6.45) is 14.9. The monoisotopic (exact) mass is 781 g/mol. The zero-order chi connectivity index (χ0) is 39.7. The third kappa shape index (κ3) is 6.55. The summed E-state index contributed by atoms with van der Waals surface area (Å²) in [6.45, 7) is 3.48. The molecule has 10 nitrogen and oxygen atoms in total. The number of nitrogens with zero attached hydrogens (tertiary/aromatic N) is 1. The minimum atomic E-state index is -1.02. The van der Waals surface area contributed by atoms with Gasteiger partial charge < -0.3 is 30.5 Å². The zero-order valence-corrected chi connectivity index (χ0v) is 33.0. The summed E-state index contributed by atoms with van der Waals surface area (Å²) in [5, 5.41) is 37.1. The third-order valence-electron chi connectivity index (χ3n) is 14.3. The molecule has 1 saturated carbocycles. The Morgan fingerprint density at radius 2 is 1.93 bits per heavy atom. The Morgan fingerprint density at radius 1 is 1.09 bits per heavy atom. The Balaban J connectivity index is 1.00. The van der Waals surface area contributed by atoms with Gasteiger partial charge in [0.15, 0.2) is 11.5 Å². The van der Waals surface area contributed by atoms with Gasteiger partial charge in [0.1, 0.15) is 42.4 Å². The van der Waals surface area contributed by atoms with E-state index in [4.69, 9.17) is 20.2 Å². The maximum absolute atomic E-state index is 13.2. The highest BCUT2D eigenvalue weighted by molar-refractivity contribution is 6.08. The lowest BCUT2D eigenvalue weighted by molar-refractivity contribution is -0.888. The Kier molecular flexibility index (Phi) is 9.72. The summed E-state index contributed by atoms with van der Waals surface area (Å²) in [4.78, 5) is 19.3. The summed E-state index contributed by atoms with van der Waals surface area (Å²) in [7, 11) is 0. The van der Waals surface area contributed by atoms with Gasteiger partial charge in [0.05, 0.1) is 29.4 Å². The fourth-order valence-corrected chi connectivity index (χ4v) is 11.3. The average Bonchev–Trinajstić information content (AvgIpc) is 3.96. The van der Waals surface area contributed by atoms with Crippen molar-refractivity contribution < 1.29 is 34.5 Å². The number of ether oxygens (including phenoxy) is 2. The van der Waals surface area contributed by atoms with Crippen molar-refractivity contribution in [1.29, 1.82) is 0 Å². The molecule has 3 aliphatic carbocycles. The van der Waals surface area contributed by atoms with Crippen LogP contribution in [0.2, 0.25) is 0 Å². The Morgan fingerprint density at radius 3 is 2.78 bits per heavy atom. The van der Waals surface area contributed by atoms with Crippen LogP contribution in [0.3, 0.4) is 0 Å². The molecule has 0 radical (unpaired) electrons. The summed E-state index contributed by atoms with van der Waals surface area (Å²) in [5.41, 5.74) is 14.8. The van der Waals surface area contributed by atoms with Crippen LogP contribution in [0.5, 0.6) is 11.5 Å². The minimum Gasteiger partial charge on any atom is -0.437 e. The molecule has 58 heavy (non-hydrogen) atoms. The maximum Gasteiger partial charge on any atom is 0.252 e. The smallest absolute Gasteiger partial charge is 0.252 e. The molecule has 1 fully saturated rings. The normalized spacial score (nSPS) is 33.8. The van der Waals surface area contributed by atoms with Gasteiger partial charge in [-0.25, -0.2) is 0 Å². The molecule has 5 aliphatic heterocycles. The number of ketones is 1. The molecule has 8 aliphatic rings. The number of benzene rings is 2. The molecule has 300 valence electrons. The molecule has 7 N–H and O–H groups in total. The second-order valence-electron chi connectivity index (χ2n) is 18.0. The van der Waals surface area contributed by atoms with Crippen molar-refractivity contribution >= 4 is 11.5 Å². The number of fused-ring (bicyclic) bond motifs is 6. The quantitative estimate of drug-likeness (QED) is 0.189. The van der Waals surface area contributed by atoms with Crippen LogP contribution >= 0.6 is 0 Å². The first kappa shape index (κ1) is 37.7. The molecule has 0 saturated heterocycles. The van der Waals surface area contributed by atoms with E-state index in [1.165, 1.54) is 16.7 Å². The molecule has 0 aromatic heterocycles. The maximum atomic E-state index is 13.2. The van der Waals surface area contributed by atoms with E-state index in [9.17, 15) is 20.1 Å². The number of aliphatic hydroxyl groups excluding tert-OH is 3. The van der Waals surface area contributed by atoms with E-state index in [1.54, 1.807) is 0 Å². The number of quaternary nitrogens is 1. The molecule has 2 aromatic carbocycles. The molecule has 5 heterocycles. The first-order valence-electron chi connectivity index (χ1n) is 21.4. The molecule has 1 spiro atoms. The van der Waals surface area contributed by atoms with Crippen LogP contribution in [0, 0.1) is 47.0 Å². The van der Waals surface area contributed by atoms with Crippen molar-refractivity contribution in [2.45, 2.75) is 114 Å². The second kappa shape index (κ2) is 14.9. The largest absolute Gasteiger partial charge is 0.437 e. The summed E-state index contributed by atoms with van der Waals surface area (Å²) < 4.78 is 13.4. The van der Waals surface area contributed by atoms with Crippen molar-refractivity contribution in [3.05, 3.63) is 93.8 Å². The van der Waals surface area contributed by atoms with Gasteiger partial charge in [-0.1, -0.05) is 67.9 Å². The Hall–Kier alpha value is -4.52. The first-order valence-corrected chi connectivity index (χ1v) is 21.4. The van der Waals surface area contributed by atoms with E-state index in [0.29, 0.717) is 36.8 Å². The van der Waals surface area contributed by atoms with Gasteiger partial charge >= 0.3 is 0 Å². The van der Waals surface area contributed by atoms with Crippen LogP contribution < -0.4 is 25.4 Å². The first-order chi connectivity index (χ1) is 28.2. The van der Waals surface area contributed by atoms with Crippen LogP contribution in [-0.2, 0) is 11.2 Å². The van der Waals surface area contributed by atoms with Gasteiger partial charge in [-0.05, 0) is 95.9 Å². The van der Waals surface area contributed by atoms with Gasteiger partial charge in [-0.3, -0.25) is 20.0 Å². The second-order valence-corrected chi connectivity index (χ2v) is 18.0. The lowest BCUT2D eigenvalue weighted by Crippen LogP contribution is -3.13. The van der Waals surface area contributed by atoms with Crippen molar-refractivity contribution in [2.75, 3.05) is 13.1 Å². The number of aliphatic imine (C=N–C) groups is 1. The summed E-state index contributed by atoms with van der Waals surface area (Å²) in [5.74, 6) is 11.4. The standard InChI is InChI=1S/C48H52N4O6/c1-27-4-9-32(40(55)20-27)41(56)22-30(53)8-5-28-6-15-42-43(21-28)58-47-37(48(18-19-57-42)16-2-3-17-48)13-14-39(54)33-11-12-34-44-29(23-51-46(34)49)7-10-31(45(33)44)35-24-50-38-26-52(47)25-36(35)38/h4,6,9,11-12,15,21,24-25,27,29,31-32,37,39-41,46-47,51,54-56H,2-3,5,7-8,10,16-17,20,22-23,26,49H2,1H3/p+1. The fraction of sp³-hybridized carbons (Fsp3) is 0.500. The third-order valence-corrected chi connectivity index (χ3v) is 14.3. The Bertz CT molecular complexity index is 2280. The highest BCUT2D eigenvalue weighted by atomic mass is 16.5. The summed E-state index contributed by atoms with van der Waals surface area (Å²) >= 11 is 0. The van der Waals surface area contributed by atoms with E-state index in [1.807, 2.05) is 49.5 Å². The van der Waals surface area contributed by atoms with Crippen molar-refractivity contribution in [3.63, 3.8) is 0 Å². The number of carbonyl (C=O) groups is 1. The number of aliphatic hydroxyl groups is 3. The van der Waals surface area contributed by atoms with Gasteiger partial charge in [0.2, 0.25) is 0 Å². The number of allylic oxidation sites excluding steroid dienone is 2. The van der Waals surface area contributed by atoms with Gasteiger partial charge in [0, 0.05) is 37.4 Å². The number of nitrogens with one attached hydrogen (secondary N) is 2. The minimum absolute atomic E-state index is 0.0105. The molecule has 0 amide bonds. The van der Waals surface area contributed by atoms with Crippen molar-refractivity contribution in [1.82, 2.24) is 5.32 Å². The number of rotatable bonds is 6. The number of aryl methyl sites for hydroxylation is 1. The Labute approximate surface area is 340 Å². The molecule has 11 unspecified atom stereocenters. The van der Waals surface area contributed by atoms with E-state index in [2.05, 4.69) is 41.5 Å². The van der Waals surface area contributed by atoms with Gasteiger partial charge in [0.25, 0.3) is 6.23 Å². The molecular formula is C48H53N4O6+. The number of nitrogens with two attached hydrogens (primary N) is 1. The molecule has 2 bridgehead atoms. The number of hydrogen-bond donors (Lipinski definition) is 6. The van der Waals surface area contributed by atoms with Gasteiger partial charge in [-0.2, -0.15) is 0 Å². The van der Waals surface area contributed by atoms with Crippen LogP contribution in [0.25, 0.3) is 0 Å². The predicted octanol–water partition coefficient (Wildman–Crippen LogP) is 4.14. The molecule has 10 heteroatoms. The highest BCUT2D eigenvalue weighted by Crippen LogP contribution is 2.52. The molecule has 10 rings (SSSR count). The van der Waals surface area contributed by atoms with Gasteiger partial charge in [-0.15, -0.1) is 0 Å². The van der Waals surface area contributed by atoms with E-state index < -0.39 is 35.9 Å². The lowest BCUT2D eigenvalue weighted by Gasteiger charge is -2.41. The predicted molar refractivity (Wildman–Crippen MR) is 218 cm³/mol. The zero-order valence-electron chi connectivity index (χ0n) is 33.0. The van der Waals surface area contributed by atoms with E-state index in [-0.39, 0.29) is 42.5 Å². The van der Waals surface area contributed by atoms with Crippen LogP contribution in [0.15, 0.2) is 71.0 Å². The van der Waals surface area contributed by atoms with E-state index >= 15 is 0 Å². The van der Waals surface area contributed by atoms with Crippen LogP contribution in [0.1, 0.15) is 117 Å². The number of carbonyl (C=O) groups excluding carboxylic acids is 1. The topological polar surface area (TPSA) is 151 Å². The van der Waals surface area contributed by atoms with Crippen LogP contribution in [0.4, 0.5) is 0 Å². The fourth-order valence-electron chi connectivity index (χ4n) is 11.3. The summed E-state index contributed by atoms with van der Waals surface area (Å²) in [6, 6.07) is 9.87. The number of Topliss-reactive ketones (excluding diaryl/α,β-unsaturated/α-hetero) is 1. The van der Waals surface area contributed by atoms with Crippen LogP contribution in [-0.4, -0.2) is 58.3 Å². The van der Waals surface area contributed by atoms with Crippen molar-refractivity contribution in [2.24, 2.45) is 33.9 Å². The molecule has 11 atom stereocenters. The highest BCUT2D eigenvalue weighted by Gasteiger charge is 2.52. The molecular weight excluding hydrogens is 729 g/mol. The number of hydrogen-bond acceptors (Lipinski definition) is 9.